The SMILES string of the molecule is OC[C@]12CCCN[C@@H]1CCN(Cc1cnc(-c3ccccc3)s1)C2. The van der Waals surface area contributed by atoms with Crippen molar-refractivity contribution in [2.45, 2.75) is 31.8 Å². The highest BCUT2D eigenvalue weighted by atomic mass is 32.1. The Morgan fingerprint density at radius 2 is 2.21 bits per heavy atom. The largest absolute Gasteiger partial charge is 0.396 e. The number of aromatic nitrogens is 1. The molecule has 2 N–H and O–H groups in total. The molecule has 1 aromatic heterocycles. The summed E-state index contributed by atoms with van der Waals surface area (Å²) >= 11 is 1.78. The fourth-order valence-electron chi connectivity index (χ4n) is 4.23. The predicted octanol–water partition coefficient (Wildman–Crippen LogP) is 2.75. The van der Waals surface area contributed by atoms with Gasteiger partial charge in [-0.2, -0.15) is 0 Å². The van der Waals surface area contributed by atoms with Crippen LogP contribution in [0.15, 0.2) is 36.5 Å². The van der Waals surface area contributed by atoms with Gasteiger partial charge in [0.25, 0.3) is 0 Å². The first kappa shape index (κ1) is 16.2. The summed E-state index contributed by atoms with van der Waals surface area (Å²) in [4.78, 5) is 8.41. The van der Waals surface area contributed by atoms with Crippen LogP contribution in [0, 0.1) is 5.41 Å². The molecule has 2 aliphatic heterocycles. The third-order valence-electron chi connectivity index (χ3n) is 5.52. The summed E-state index contributed by atoms with van der Waals surface area (Å²) in [6.07, 6.45) is 5.45. The molecule has 2 atom stereocenters. The van der Waals surface area contributed by atoms with E-state index in [1.165, 1.54) is 16.9 Å². The quantitative estimate of drug-likeness (QED) is 0.896. The molecule has 3 heterocycles. The van der Waals surface area contributed by atoms with E-state index < -0.39 is 0 Å². The van der Waals surface area contributed by atoms with Crippen LogP contribution < -0.4 is 5.32 Å². The van der Waals surface area contributed by atoms with Crippen molar-refractivity contribution in [1.29, 1.82) is 0 Å². The number of aliphatic hydroxyl groups is 1. The maximum absolute atomic E-state index is 10.0. The number of hydrogen-bond donors (Lipinski definition) is 2. The van der Waals surface area contributed by atoms with E-state index in [-0.39, 0.29) is 5.41 Å². The molecule has 128 valence electrons. The number of nitrogens with zero attached hydrogens (tertiary/aromatic N) is 2. The fourth-order valence-corrected chi connectivity index (χ4v) is 5.19. The summed E-state index contributed by atoms with van der Waals surface area (Å²) in [5, 5.41) is 14.8. The molecular formula is C19H25N3OS. The number of thiazole rings is 1. The maximum atomic E-state index is 10.0. The topological polar surface area (TPSA) is 48.4 Å². The monoisotopic (exact) mass is 343 g/mol. The molecule has 4 rings (SSSR count). The van der Waals surface area contributed by atoms with Crippen LogP contribution in [0.2, 0.25) is 0 Å². The Labute approximate surface area is 147 Å². The molecule has 0 amide bonds. The minimum Gasteiger partial charge on any atom is -0.396 e. The Morgan fingerprint density at radius 3 is 3.04 bits per heavy atom. The fraction of sp³-hybridized carbons (Fsp3) is 0.526. The Hall–Kier alpha value is -1.27. The lowest BCUT2D eigenvalue weighted by Gasteiger charge is -2.50. The molecule has 0 unspecified atom stereocenters. The van der Waals surface area contributed by atoms with Gasteiger partial charge in [-0.25, -0.2) is 4.98 Å². The Bertz CT molecular complexity index is 674. The second-order valence-corrected chi connectivity index (χ2v) is 8.24. The van der Waals surface area contributed by atoms with Gasteiger partial charge in [0.1, 0.15) is 5.01 Å². The summed E-state index contributed by atoms with van der Waals surface area (Å²) in [5.41, 5.74) is 1.24. The van der Waals surface area contributed by atoms with E-state index in [0.717, 1.165) is 44.0 Å². The van der Waals surface area contributed by atoms with Crippen LogP contribution in [0.3, 0.4) is 0 Å². The van der Waals surface area contributed by atoms with Crippen LogP contribution in [-0.2, 0) is 6.54 Å². The van der Waals surface area contributed by atoms with Crippen LogP contribution >= 0.6 is 11.3 Å². The van der Waals surface area contributed by atoms with Gasteiger partial charge in [0.15, 0.2) is 0 Å². The molecule has 2 saturated heterocycles. The standard InChI is InChI=1S/C19H25N3OS/c23-14-19-8-4-9-20-17(19)7-10-22(13-19)12-16-11-21-18(24-16)15-5-2-1-3-6-15/h1-3,5-6,11,17,20,23H,4,7-10,12-14H2/t17-,19-/m1/s1. The number of rotatable bonds is 4. The predicted molar refractivity (Wildman–Crippen MR) is 98.0 cm³/mol. The van der Waals surface area contributed by atoms with Crippen molar-refractivity contribution in [3.8, 4) is 10.6 Å². The van der Waals surface area contributed by atoms with E-state index in [1.807, 2.05) is 12.3 Å². The number of nitrogens with one attached hydrogen (secondary N) is 1. The zero-order valence-corrected chi connectivity index (χ0v) is 14.8. The third kappa shape index (κ3) is 3.14. The van der Waals surface area contributed by atoms with Crippen LogP contribution in [0.5, 0.6) is 0 Å². The molecule has 0 spiro atoms. The number of aliphatic hydroxyl groups excluding tert-OH is 1. The Morgan fingerprint density at radius 1 is 1.33 bits per heavy atom. The third-order valence-corrected chi connectivity index (χ3v) is 6.55. The van der Waals surface area contributed by atoms with Crippen molar-refractivity contribution < 1.29 is 5.11 Å². The van der Waals surface area contributed by atoms with Crippen molar-refractivity contribution >= 4 is 11.3 Å². The van der Waals surface area contributed by atoms with Crippen molar-refractivity contribution in [1.82, 2.24) is 15.2 Å². The molecule has 2 aromatic rings. The number of hydrogen-bond acceptors (Lipinski definition) is 5. The lowest BCUT2D eigenvalue weighted by atomic mass is 9.71. The molecule has 1 aromatic carbocycles. The lowest BCUT2D eigenvalue weighted by molar-refractivity contribution is -0.0219. The number of piperidine rings is 2. The normalized spacial score (nSPS) is 27.8. The van der Waals surface area contributed by atoms with E-state index in [0.29, 0.717) is 12.6 Å². The van der Waals surface area contributed by atoms with Gasteiger partial charge < -0.3 is 10.4 Å². The summed E-state index contributed by atoms with van der Waals surface area (Å²) < 4.78 is 0. The first-order chi connectivity index (χ1) is 11.8. The molecule has 0 bridgehead atoms. The van der Waals surface area contributed by atoms with Gasteiger partial charge in [0.05, 0.1) is 6.61 Å². The molecule has 5 heteroatoms. The van der Waals surface area contributed by atoms with Crippen LogP contribution in [-0.4, -0.2) is 47.3 Å². The van der Waals surface area contributed by atoms with E-state index >= 15 is 0 Å². The van der Waals surface area contributed by atoms with Crippen LogP contribution in [0.1, 0.15) is 24.1 Å². The zero-order valence-electron chi connectivity index (χ0n) is 13.9. The summed E-state index contributed by atoms with van der Waals surface area (Å²) in [5.74, 6) is 0. The molecule has 0 aliphatic carbocycles. The van der Waals surface area contributed by atoms with Gasteiger partial charge in [0.2, 0.25) is 0 Å². The average molecular weight is 343 g/mol. The van der Waals surface area contributed by atoms with E-state index in [9.17, 15) is 5.11 Å². The van der Waals surface area contributed by atoms with Gasteiger partial charge in [-0.15, -0.1) is 11.3 Å². The highest BCUT2D eigenvalue weighted by Gasteiger charge is 2.44. The van der Waals surface area contributed by atoms with Gasteiger partial charge >= 0.3 is 0 Å². The Balaban J connectivity index is 1.45. The van der Waals surface area contributed by atoms with E-state index in [4.69, 9.17) is 0 Å². The maximum Gasteiger partial charge on any atom is 0.123 e. The minimum absolute atomic E-state index is 0.0451. The first-order valence-electron chi connectivity index (χ1n) is 8.86. The highest BCUT2D eigenvalue weighted by Crippen LogP contribution is 2.38. The summed E-state index contributed by atoms with van der Waals surface area (Å²) in [6.45, 7) is 4.41. The average Bonchev–Trinajstić information content (AvgIpc) is 3.11. The number of fused-ring (bicyclic) bond motifs is 1. The smallest absolute Gasteiger partial charge is 0.123 e. The summed E-state index contributed by atoms with van der Waals surface area (Å²) in [6, 6.07) is 10.9. The molecule has 2 aliphatic rings. The van der Waals surface area contributed by atoms with Gasteiger partial charge in [-0.3, -0.25) is 4.90 Å². The van der Waals surface area contributed by atoms with E-state index in [1.54, 1.807) is 11.3 Å². The molecule has 2 fully saturated rings. The van der Waals surface area contributed by atoms with Crippen molar-refractivity contribution in [2.75, 3.05) is 26.2 Å². The number of likely N-dealkylation sites (tertiary alicyclic amines) is 1. The second kappa shape index (κ2) is 6.92. The van der Waals surface area contributed by atoms with Crippen LogP contribution in [0.4, 0.5) is 0 Å². The van der Waals surface area contributed by atoms with Gasteiger partial charge in [-0.1, -0.05) is 30.3 Å². The second-order valence-electron chi connectivity index (χ2n) is 7.13. The molecule has 0 saturated carbocycles. The zero-order chi connectivity index (χ0) is 16.4. The van der Waals surface area contributed by atoms with Crippen molar-refractivity contribution in [2.24, 2.45) is 5.41 Å². The molecular weight excluding hydrogens is 318 g/mol. The van der Waals surface area contributed by atoms with Gasteiger partial charge in [0, 0.05) is 47.7 Å². The van der Waals surface area contributed by atoms with Crippen LogP contribution in [0.25, 0.3) is 10.6 Å². The highest BCUT2D eigenvalue weighted by molar-refractivity contribution is 7.15. The van der Waals surface area contributed by atoms with Crippen molar-refractivity contribution in [3.63, 3.8) is 0 Å². The number of benzene rings is 1. The molecule has 4 nitrogen and oxygen atoms in total. The Kier molecular flexibility index (Phi) is 4.68. The first-order valence-corrected chi connectivity index (χ1v) is 9.67. The van der Waals surface area contributed by atoms with Crippen molar-refractivity contribution in [3.05, 3.63) is 41.4 Å². The summed E-state index contributed by atoms with van der Waals surface area (Å²) in [7, 11) is 0. The molecule has 0 radical (unpaired) electrons. The molecule has 24 heavy (non-hydrogen) atoms. The van der Waals surface area contributed by atoms with E-state index in [2.05, 4.69) is 39.5 Å². The minimum atomic E-state index is 0.0451. The lowest BCUT2D eigenvalue weighted by Crippen LogP contribution is -2.61. The van der Waals surface area contributed by atoms with Gasteiger partial charge in [-0.05, 0) is 25.8 Å².